The van der Waals surface area contributed by atoms with Crippen LogP contribution >= 0.6 is 11.6 Å². The first-order valence-electron chi connectivity index (χ1n) is 5.57. The van der Waals surface area contributed by atoms with Crippen LogP contribution in [0.15, 0.2) is 24.3 Å². The van der Waals surface area contributed by atoms with E-state index in [-0.39, 0.29) is 0 Å². The Labute approximate surface area is 111 Å². The van der Waals surface area contributed by atoms with Crippen LogP contribution in [0.2, 0.25) is 5.02 Å². The van der Waals surface area contributed by atoms with E-state index in [1.165, 1.54) is 0 Å². The van der Waals surface area contributed by atoms with E-state index < -0.39 is 18.0 Å². The number of hydrogen-bond donors (Lipinski definition) is 3. The summed E-state index contributed by atoms with van der Waals surface area (Å²) < 4.78 is 0. The summed E-state index contributed by atoms with van der Waals surface area (Å²) in [5, 5.41) is 5.71. The molecule has 4 N–H and O–H groups in total. The Bertz CT molecular complexity index is 420. The van der Waals surface area contributed by atoms with Crippen molar-refractivity contribution in [1.29, 1.82) is 0 Å². The lowest BCUT2D eigenvalue weighted by Gasteiger charge is -2.12. The lowest BCUT2D eigenvalue weighted by molar-refractivity contribution is -0.121. The largest absolute Gasteiger partial charge is 0.351 e. The van der Waals surface area contributed by atoms with E-state index in [1.54, 1.807) is 6.92 Å². The van der Waals surface area contributed by atoms with E-state index in [0.717, 1.165) is 12.0 Å². The molecule has 0 aliphatic rings. The molecule has 1 aromatic carbocycles. The Morgan fingerprint density at radius 3 is 2.50 bits per heavy atom. The average Bonchev–Trinajstić information content (AvgIpc) is 2.30. The van der Waals surface area contributed by atoms with E-state index in [0.29, 0.717) is 11.6 Å². The number of imide groups is 1. The molecule has 0 aliphatic heterocycles. The molecule has 3 amide bonds. The van der Waals surface area contributed by atoms with Crippen molar-refractivity contribution < 1.29 is 9.59 Å². The number of nitrogens with one attached hydrogen (secondary N) is 2. The highest BCUT2D eigenvalue weighted by atomic mass is 35.5. The molecule has 0 bridgehead atoms. The highest BCUT2D eigenvalue weighted by Gasteiger charge is 2.12. The third kappa shape index (κ3) is 5.16. The van der Waals surface area contributed by atoms with Crippen LogP contribution < -0.4 is 16.4 Å². The van der Waals surface area contributed by atoms with Crippen molar-refractivity contribution in [2.75, 3.05) is 6.54 Å². The number of hydrogen-bond acceptors (Lipinski definition) is 3. The molecule has 1 atom stereocenters. The molecule has 0 saturated carbocycles. The fourth-order valence-corrected chi connectivity index (χ4v) is 1.53. The van der Waals surface area contributed by atoms with E-state index in [9.17, 15) is 9.59 Å². The molecule has 1 aromatic rings. The molecule has 0 spiro atoms. The van der Waals surface area contributed by atoms with Gasteiger partial charge < -0.3 is 11.1 Å². The Balaban J connectivity index is 2.31. The summed E-state index contributed by atoms with van der Waals surface area (Å²) in [7, 11) is 0. The number of halogens is 1. The summed E-state index contributed by atoms with van der Waals surface area (Å²) in [6, 6.07) is 6.19. The van der Waals surface area contributed by atoms with Crippen molar-refractivity contribution in [1.82, 2.24) is 10.6 Å². The Hall–Kier alpha value is -1.59. The standard InChI is InChI=1S/C12H16ClN3O2/c1-8(11(17)16-12(14)18)15-7-6-9-2-4-10(13)5-3-9/h2-5,8,15H,6-7H2,1H3,(H3,14,16,17,18). The number of rotatable bonds is 5. The number of primary amides is 1. The molecule has 0 radical (unpaired) electrons. The minimum Gasteiger partial charge on any atom is -0.351 e. The summed E-state index contributed by atoms with van der Waals surface area (Å²) in [5.74, 6) is -0.432. The van der Waals surface area contributed by atoms with Crippen molar-refractivity contribution >= 4 is 23.5 Å². The first kappa shape index (κ1) is 14.5. The normalized spacial score (nSPS) is 11.9. The number of carbonyl (C=O) groups excluding carboxylic acids is 2. The molecule has 0 aliphatic carbocycles. The van der Waals surface area contributed by atoms with Crippen LogP contribution in [0.3, 0.4) is 0 Å². The molecule has 1 unspecified atom stereocenters. The summed E-state index contributed by atoms with van der Waals surface area (Å²) in [6.07, 6.45) is 0.769. The van der Waals surface area contributed by atoms with Crippen LogP contribution in [-0.4, -0.2) is 24.5 Å². The van der Waals surface area contributed by atoms with Gasteiger partial charge in [0.05, 0.1) is 6.04 Å². The number of carbonyl (C=O) groups is 2. The summed E-state index contributed by atoms with van der Waals surface area (Å²) in [5.41, 5.74) is 5.97. The van der Waals surface area contributed by atoms with Crippen LogP contribution in [0.1, 0.15) is 12.5 Å². The monoisotopic (exact) mass is 269 g/mol. The maximum absolute atomic E-state index is 11.3. The van der Waals surface area contributed by atoms with Crippen molar-refractivity contribution in [3.8, 4) is 0 Å². The first-order valence-corrected chi connectivity index (χ1v) is 5.95. The molecular formula is C12H16ClN3O2. The highest BCUT2D eigenvalue weighted by molar-refractivity contribution is 6.30. The average molecular weight is 270 g/mol. The molecule has 98 valence electrons. The zero-order valence-electron chi connectivity index (χ0n) is 10.1. The quantitative estimate of drug-likeness (QED) is 0.747. The third-order valence-corrected chi connectivity index (χ3v) is 2.67. The minimum absolute atomic E-state index is 0.432. The highest BCUT2D eigenvalue weighted by Crippen LogP contribution is 2.09. The van der Waals surface area contributed by atoms with E-state index in [4.69, 9.17) is 17.3 Å². The summed E-state index contributed by atoms with van der Waals surface area (Å²) in [6.45, 7) is 2.29. The van der Waals surface area contributed by atoms with Crippen molar-refractivity contribution in [3.63, 3.8) is 0 Å². The van der Waals surface area contributed by atoms with E-state index in [2.05, 4.69) is 5.32 Å². The van der Waals surface area contributed by atoms with Crippen molar-refractivity contribution in [3.05, 3.63) is 34.9 Å². The number of benzene rings is 1. The van der Waals surface area contributed by atoms with Gasteiger partial charge in [-0.25, -0.2) is 4.79 Å². The summed E-state index contributed by atoms with van der Waals surface area (Å²) >= 11 is 5.77. The second kappa shape index (κ2) is 6.98. The van der Waals surface area contributed by atoms with Crippen LogP contribution in [0.4, 0.5) is 4.79 Å². The lowest BCUT2D eigenvalue weighted by atomic mass is 10.1. The predicted octanol–water partition coefficient (Wildman–Crippen LogP) is 1.06. The van der Waals surface area contributed by atoms with Crippen LogP contribution in [0.5, 0.6) is 0 Å². The second-order valence-corrected chi connectivity index (χ2v) is 4.34. The molecule has 5 nitrogen and oxygen atoms in total. The molecule has 18 heavy (non-hydrogen) atoms. The van der Waals surface area contributed by atoms with Gasteiger partial charge in [0, 0.05) is 5.02 Å². The van der Waals surface area contributed by atoms with Gasteiger partial charge in [0.1, 0.15) is 0 Å². The summed E-state index contributed by atoms with van der Waals surface area (Å²) in [4.78, 5) is 21.8. The van der Waals surface area contributed by atoms with Crippen LogP contribution in [0.25, 0.3) is 0 Å². The van der Waals surface area contributed by atoms with Gasteiger partial charge in [-0.1, -0.05) is 23.7 Å². The fourth-order valence-electron chi connectivity index (χ4n) is 1.41. The molecule has 0 heterocycles. The van der Waals surface area contributed by atoms with Crippen molar-refractivity contribution in [2.24, 2.45) is 5.73 Å². The molecule has 0 aromatic heterocycles. The predicted molar refractivity (Wildman–Crippen MR) is 70.3 cm³/mol. The maximum atomic E-state index is 11.3. The van der Waals surface area contributed by atoms with E-state index >= 15 is 0 Å². The Morgan fingerprint density at radius 2 is 1.94 bits per heavy atom. The molecular weight excluding hydrogens is 254 g/mol. The van der Waals surface area contributed by atoms with Gasteiger partial charge in [0.15, 0.2) is 0 Å². The molecule has 0 saturated heterocycles. The second-order valence-electron chi connectivity index (χ2n) is 3.91. The molecule has 0 fully saturated rings. The number of nitrogens with two attached hydrogens (primary N) is 1. The minimum atomic E-state index is -0.841. The lowest BCUT2D eigenvalue weighted by Crippen LogP contribution is -2.46. The Kier molecular flexibility index (Phi) is 5.61. The SMILES string of the molecule is CC(NCCc1ccc(Cl)cc1)C(=O)NC(N)=O. The fraction of sp³-hybridized carbons (Fsp3) is 0.333. The smallest absolute Gasteiger partial charge is 0.318 e. The third-order valence-electron chi connectivity index (χ3n) is 2.42. The zero-order valence-corrected chi connectivity index (χ0v) is 10.8. The van der Waals surface area contributed by atoms with E-state index in [1.807, 2.05) is 29.6 Å². The molecule has 6 heteroatoms. The molecule has 1 rings (SSSR count). The van der Waals surface area contributed by atoms with Gasteiger partial charge in [0.25, 0.3) is 0 Å². The van der Waals surface area contributed by atoms with Gasteiger partial charge in [-0.15, -0.1) is 0 Å². The first-order chi connectivity index (χ1) is 8.49. The van der Waals surface area contributed by atoms with Gasteiger partial charge in [-0.2, -0.15) is 0 Å². The van der Waals surface area contributed by atoms with Gasteiger partial charge in [-0.05, 0) is 37.6 Å². The number of urea groups is 1. The van der Waals surface area contributed by atoms with Crippen LogP contribution in [-0.2, 0) is 11.2 Å². The zero-order chi connectivity index (χ0) is 13.5. The number of amides is 3. The van der Waals surface area contributed by atoms with Crippen molar-refractivity contribution in [2.45, 2.75) is 19.4 Å². The Morgan fingerprint density at radius 1 is 1.33 bits per heavy atom. The van der Waals surface area contributed by atoms with Gasteiger partial charge >= 0.3 is 6.03 Å². The topological polar surface area (TPSA) is 84.2 Å². The van der Waals surface area contributed by atoms with Gasteiger partial charge in [-0.3, -0.25) is 10.1 Å². The van der Waals surface area contributed by atoms with Gasteiger partial charge in [0.2, 0.25) is 5.91 Å². The van der Waals surface area contributed by atoms with Crippen LogP contribution in [0, 0.1) is 0 Å². The maximum Gasteiger partial charge on any atom is 0.318 e.